The number of hydrogen-bond donors (Lipinski definition) is 2. The maximum absolute atomic E-state index is 12.2. The number of urea groups is 1. The Bertz CT molecular complexity index is 552. The Morgan fingerprint density at radius 1 is 1.48 bits per heavy atom. The fraction of sp³-hybridized carbons (Fsp3) is 0.688. The Hall–Kier alpha value is -1.07. The smallest absolute Gasteiger partial charge is 0.315 e. The van der Waals surface area contributed by atoms with Crippen molar-refractivity contribution >= 4 is 17.4 Å². The largest absolute Gasteiger partial charge is 0.377 e. The van der Waals surface area contributed by atoms with Crippen LogP contribution in [0.4, 0.5) is 4.79 Å². The van der Waals surface area contributed by atoms with Crippen molar-refractivity contribution in [3.8, 4) is 0 Å². The summed E-state index contributed by atoms with van der Waals surface area (Å²) in [6.07, 6.45) is 5.21. The molecule has 0 radical (unpaired) electrons. The maximum atomic E-state index is 12.2. The van der Waals surface area contributed by atoms with Gasteiger partial charge in [0.05, 0.1) is 12.6 Å². The molecule has 1 aromatic rings. The molecule has 2 aliphatic carbocycles. The summed E-state index contributed by atoms with van der Waals surface area (Å²) < 4.78 is 5.88. The highest BCUT2D eigenvalue weighted by Gasteiger charge is 2.66. The van der Waals surface area contributed by atoms with Crippen LogP contribution in [0.25, 0.3) is 0 Å². The van der Waals surface area contributed by atoms with Crippen molar-refractivity contribution in [2.45, 2.75) is 51.3 Å². The molecule has 2 N–H and O–H groups in total. The number of amides is 2. The SMILES string of the molecule is Cc1ccc(CNC(=O)NC2C3CCOC3C23CCC3)s1. The number of thiophene rings is 1. The molecule has 21 heavy (non-hydrogen) atoms. The number of aryl methyl sites for hydroxylation is 1. The number of hydrogen-bond acceptors (Lipinski definition) is 3. The highest BCUT2D eigenvalue weighted by atomic mass is 32.1. The van der Waals surface area contributed by atoms with Gasteiger partial charge in [0.1, 0.15) is 0 Å². The summed E-state index contributed by atoms with van der Waals surface area (Å²) in [4.78, 5) is 14.7. The summed E-state index contributed by atoms with van der Waals surface area (Å²) in [5, 5.41) is 6.23. The van der Waals surface area contributed by atoms with Crippen molar-refractivity contribution in [1.29, 1.82) is 0 Å². The van der Waals surface area contributed by atoms with Gasteiger partial charge < -0.3 is 15.4 Å². The monoisotopic (exact) mass is 306 g/mol. The van der Waals surface area contributed by atoms with Gasteiger partial charge in [-0.1, -0.05) is 6.42 Å². The van der Waals surface area contributed by atoms with Gasteiger partial charge in [0.2, 0.25) is 0 Å². The van der Waals surface area contributed by atoms with E-state index >= 15 is 0 Å². The van der Waals surface area contributed by atoms with E-state index in [-0.39, 0.29) is 11.4 Å². The summed E-state index contributed by atoms with van der Waals surface area (Å²) in [5.74, 6) is 0.542. The van der Waals surface area contributed by atoms with E-state index in [9.17, 15) is 4.79 Å². The first-order valence-corrected chi connectivity index (χ1v) is 8.72. The Balaban J connectivity index is 1.34. The van der Waals surface area contributed by atoms with Gasteiger partial charge in [-0.15, -0.1) is 11.3 Å². The van der Waals surface area contributed by atoms with Crippen LogP contribution in [-0.4, -0.2) is 24.8 Å². The second kappa shape index (κ2) is 4.99. The van der Waals surface area contributed by atoms with Crippen LogP contribution in [-0.2, 0) is 11.3 Å². The van der Waals surface area contributed by atoms with Crippen molar-refractivity contribution in [2.75, 3.05) is 6.61 Å². The molecule has 0 aromatic carbocycles. The zero-order chi connectivity index (χ0) is 14.4. The molecule has 1 aromatic heterocycles. The first-order chi connectivity index (χ1) is 10.2. The quantitative estimate of drug-likeness (QED) is 0.902. The minimum Gasteiger partial charge on any atom is -0.377 e. The van der Waals surface area contributed by atoms with Crippen molar-refractivity contribution < 1.29 is 9.53 Å². The predicted octanol–water partition coefficient (Wildman–Crippen LogP) is 2.81. The van der Waals surface area contributed by atoms with E-state index in [1.54, 1.807) is 11.3 Å². The van der Waals surface area contributed by atoms with E-state index in [1.807, 2.05) is 0 Å². The molecule has 3 unspecified atom stereocenters. The zero-order valence-electron chi connectivity index (χ0n) is 12.4. The molecule has 1 spiro atoms. The second-order valence-electron chi connectivity index (χ2n) is 6.65. The number of carbonyl (C=O) groups is 1. The Labute approximate surface area is 129 Å². The third-order valence-electron chi connectivity index (χ3n) is 5.54. The van der Waals surface area contributed by atoms with Crippen LogP contribution in [0.15, 0.2) is 12.1 Å². The van der Waals surface area contributed by atoms with Crippen molar-refractivity contribution in [2.24, 2.45) is 11.3 Å². The van der Waals surface area contributed by atoms with Crippen LogP contribution in [0.5, 0.6) is 0 Å². The summed E-state index contributed by atoms with van der Waals surface area (Å²) in [5.41, 5.74) is 0.262. The molecule has 0 bridgehead atoms. The summed E-state index contributed by atoms with van der Waals surface area (Å²) >= 11 is 1.74. The standard InChI is InChI=1S/C16H22N2O2S/c1-10-3-4-11(21-10)9-17-15(19)18-13-12-5-8-20-14(12)16(13)6-2-7-16/h3-4,12-14H,2,5-9H2,1H3,(H2,17,18,19). The molecular weight excluding hydrogens is 284 g/mol. The molecule has 4 rings (SSSR count). The number of rotatable bonds is 3. The van der Waals surface area contributed by atoms with Gasteiger partial charge in [0.15, 0.2) is 0 Å². The van der Waals surface area contributed by atoms with E-state index < -0.39 is 0 Å². The van der Waals surface area contributed by atoms with E-state index in [0.717, 1.165) is 13.0 Å². The molecule has 2 heterocycles. The van der Waals surface area contributed by atoms with Crippen LogP contribution in [0.2, 0.25) is 0 Å². The van der Waals surface area contributed by atoms with Gasteiger partial charge in [-0.05, 0) is 38.3 Å². The lowest BCUT2D eigenvalue weighted by molar-refractivity contribution is -0.172. The summed E-state index contributed by atoms with van der Waals surface area (Å²) in [6.45, 7) is 3.57. The topological polar surface area (TPSA) is 50.4 Å². The maximum Gasteiger partial charge on any atom is 0.315 e. The van der Waals surface area contributed by atoms with Gasteiger partial charge in [0.25, 0.3) is 0 Å². The molecule has 3 aliphatic rings. The first kappa shape index (κ1) is 13.6. The van der Waals surface area contributed by atoms with E-state index in [0.29, 0.717) is 24.6 Å². The third kappa shape index (κ3) is 2.09. The Kier molecular flexibility index (Phi) is 3.23. The molecule has 2 saturated carbocycles. The summed E-state index contributed by atoms with van der Waals surface area (Å²) in [7, 11) is 0. The normalized spacial score (nSPS) is 32.1. The zero-order valence-corrected chi connectivity index (χ0v) is 13.2. The van der Waals surface area contributed by atoms with Crippen LogP contribution < -0.4 is 10.6 Å². The van der Waals surface area contributed by atoms with Crippen LogP contribution in [0.1, 0.15) is 35.4 Å². The van der Waals surface area contributed by atoms with E-state index in [2.05, 4.69) is 29.7 Å². The molecule has 1 aliphatic heterocycles. The third-order valence-corrected chi connectivity index (χ3v) is 6.54. The average Bonchev–Trinajstić information content (AvgIpc) is 3.00. The summed E-state index contributed by atoms with van der Waals surface area (Å²) in [6, 6.07) is 4.47. The number of fused-ring (bicyclic) bond motifs is 2. The lowest BCUT2D eigenvalue weighted by Crippen LogP contribution is -2.72. The number of carbonyl (C=O) groups excluding carboxylic acids is 1. The Morgan fingerprint density at radius 2 is 2.33 bits per heavy atom. The second-order valence-corrected chi connectivity index (χ2v) is 8.02. The minimum atomic E-state index is -0.0253. The lowest BCUT2D eigenvalue weighted by atomic mass is 9.46. The van der Waals surface area contributed by atoms with Crippen molar-refractivity contribution in [3.63, 3.8) is 0 Å². The fourth-order valence-corrected chi connectivity index (χ4v) is 5.23. The van der Waals surface area contributed by atoms with Crippen LogP contribution in [0, 0.1) is 18.3 Å². The molecule has 3 atom stereocenters. The van der Waals surface area contributed by atoms with Crippen molar-refractivity contribution in [3.05, 3.63) is 21.9 Å². The average molecular weight is 306 g/mol. The molecule has 1 saturated heterocycles. The number of ether oxygens (including phenoxy) is 1. The molecule has 2 amide bonds. The van der Waals surface area contributed by atoms with Crippen LogP contribution >= 0.6 is 11.3 Å². The fourth-order valence-electron chi connectivity index (χ4n) is 4.40. The van der Waals surface area contributed by atoms with Gasteiger partial charge in [-0.3, -0.25) is 0 Å². The molecule has 3 fully saturated rings. The van der Waals surface area contributed by atoms with E-state index in [1.165, 1.54) is 29.0 Å². The minimum absolute atomic E-state index is 0.0253. The van der Waals surface area contributed by atoms with Crippen LogP contribution in [0.3, 0.4) is 0 Å². The van der Waals surface area contributed by atoms with Gasteiger partial charge >= 0.3 is 6.03 Å². The van der Waals surface area contributed by atoms with Gasteiger partial charge in [-0.25, -0.2) is 4.79 Å². The first-order valence-electron chi connectivity index (χ1n) is 7.90. The highest BCUT2D eigenvalue weighted by molar-refractivity contribution is 7.11. The molecular formula is C16H22N2O2S. The highest BCUT2D eigenvalue weighted by Crippen LogP contribution is 2.62. The number of nitrogens with one attached hydrogen (secondary N) is 2. The molecule has 5 heteroatoms. The molecule has 4 nitrogen and oxygen atoms in total. The molecule has 114 valence electrons. The van der Waals surface area contributed by atoms with E-state index in [4.69, 9.17) is 4.74 Å². The lowest BCUT2D eigenvalue weighted by Gasteiger charge is -2.63. The van der Waals surface area contributed by atoms with Gasteiger partial charge in [-0.2, -0.15) is 0 Å². The predicted molar refractivity (Wildman–Crippen MR) is 82.3 cm³/mol. The van der Waals surface area contributed by atoms with Crippen molar-refractivity contribution in [1.82, 2.24) is 10.6 Å². The Morgan fingerprint density at radius 3 is 3.00 bits per heavy atom. The van der Waals surface area contributed by atoms with Gasteiger partial charge in [0, 0.05) is 33.7 Å².